The number of nitrogens with one attached hydrogen (secondary N) is 1. The van der Waals surface area contributed by atoms with E-state index in [0.717, 1.165) is 16.0 Å². The van der Waals surface area contributed by atoms with Gasteiger partial charge < -0.3 is 10.1 Å². The predicted molar refractivity (Wildman–Crippen MR) is 103 cm³/mol. The number of hydrogen-bond acceptors (Lipinski definition) is 5. The first-order chi connectivity index (χ1) is 12.6. The number of ether oxygens (including phenoxy) is 1. The van der Waals surface area contributed by atoms with Gasteiger partial charge in [-0.25, -0.2) is 4.79 Å². The van der Waals surface area contributed by atoms with Gasteiger partial charge in [0.25, 0.3) is 5.91 Å². The largest absolute Gasteiger partial charge is 0.462 e. The minimum Gasteiger partial charge on any atom is -0.462 e. The number of aromatic nitrogens is 1. The van der Waals surface area contributed by atoms with E-state index in [9.17, 15) is 9.59 Å². The molecule has 0 fully saturated rings. The van der Waals surface area contributed by atoms with Crippen molar-refractivity contribution in [3.05, 3.63) is 70.9 Å². The van der Waals surface area contributed by atoms with Crippen LogP contribution in [-0.2, 0) is 4.74 Å². The highest BCUT2D eigenvalue weighted by Gasteiger charge is 2.25. The molecule has 0 atom stereocenters. The molecule has 3 aromatic rings. The lowest BCUT2D eigenvalue weighted by Gasteiger charge is -2.09. The number of nitrogens with zero attached hydrogens (tertiary/aromatic N) is 1. The Bertz CT molecular complexity index is 921. The lowest BCUT2D eigenvalue weighted by Crippen LogP contribution is -2.14. The molecule has 5 nitrogen and oxygen atoms in total. The summed E-state index contributed by atoms with van der Waals surface area (Å²) in [5.74, 6) is -0.737. The molecule has 2 aromatic heterocycles. The zero-order chi connectivity index (χ0) is 18.5. The standard InChI is InChI=1S/C20H18N2O3S/c1-3-25-20(24)17-16(14-7-5-4-6-8-14)13(2)26-19(17)22-18(23)15-9-11-21-12-10-15/h4-12H,3H2,1-2H3,(H,22,23). The van der Waals surface area contributed by atoms with Gasteiger partial charge in [0.1, 0.15) is 10.6 Å². The van der Waals surface area contributed by atoms with Gasteiger partial charge in [-0.05, 0) is 31.5 Å². The Balaban J connectivity index is 2.05. The van der Waals surface area contributed by atoms with Gasteiger partial charge in [-0.3, -0.25) is 9.78 Å². The fourth-order valence-electron chi connectivity index (χ4n) is 2.66. The average molecular weight is 366 g/mol. The highest BCUT2D eigenvalue weighted by Crippen LogP contribution is 2.40. The van der Waals surface area contributed by atoms with Crippen molar-refractivity contribution in [2.75, 3.05) is 11.9 Å². The number of thiophene rings is 1. The third-order valence-corrected chi connectivity index (χ3v) is 4.82. The highest BCUT2D eigenvalue weighted by atomic mass is 32.1. The number of esters is 1. The molecule has 132 valence electrons. The van der Waals surface area contributed by atoms with Crippen LogP contribution in [0.2, 0.25) is 0 Å². The number of anilines is 1. The van der Waals surface area contributed by atoms with Crippen molar-refractivity contribution in [3.63, 3.8) is 0 Å². The van der Waals surface area contributed by atoms with Gasteiger partial charge in [-0.15, -0.1) is 11.3 Å². The van der Waals surface area contributed by atoms with E-state index in [1.165, 1.54) is 11.3 Å². The Morgan fingerprint density at radius 2 is 1.81 bits per heavy atom. The van der Waals surface area contributed by atoms with Crippen molar-refractivity contribution in [2.24, 2.45) is 0 Å². The van der Waals surface area contributed by atoms with Crippen LogP contribution in [0, 0.1) is 6.92 Å². The van der Waals surface area contributed by atoms with Gasteiger partial charge in [0.15, 0.2) is 0 Å². The maximum absolute atomic E-state index is 12.6. The normalized spacial score (nSPS) is 10.4. The van der Waals surface area contributed by atoms with Gasteiger partial charge in [0, 0.05) is 28.4 Å². The number of pyridine rings is 1. The van der Waals surface area contributed by atoms with Crippen LogP contribution in [0.15, 0.2) is 54.9 Å². The molecule has 0 saturated carbocycles. The Labute approximate surface area is 155 Å². The van der Waals surface area contributed by atoms with E-state index in [2.05, 4.69) is 10.3 Å². The summed E-state index contributed by atoms with van der Waals surface area (Å²) in [7, 11) is 0. The van der Waals surface area contributed by atoms with E-state index >= 15 is 0 Å². The molecule has 0 radical (unpaired) electrons. The molecule has 1 N–H and O–H groups in total. The third kappa shape index (κ3) is 3.65. The Morgan fingerprint density at radius 1 is 1.12 bits per heavy atom. The molecule has 6 heteroatoms. The predicted octanol–water partition coefficient (Wildman–Crippen LogP) is 4.55. The number of carbonyl (C=O) groups excluding carboxylic acids is 2. The van der Waals surface area contributed by atoms with Crippen molar-refractivity contribution < 1.29 is 14.3 Å². The Morgan fingerprint density at radius 3 is 2.46 bits per heavy atom. The van der Waals surface area contributed by atoms with Gasteiger partial charge in [-0.1, -0.05) is 30.3 Å². The smallest absolute Gasteiger partial charge is 0.341 e. The van der Waals surface area contributed by atoms with Crippen molar-refractivity contribution in [1.82, 2.24) is 4.98 Å². The first kappa shape index (κ1) is 17.8. The molecular weight excluding hydrogens is 348 g/mol. The molecule has 1 amide bonds. The SMILES string of the molecule is CCOC(=O)c1c(NC(=O)c2ccncc2)sc(C)c1-c1ccccc1. The second-order valence-corrected chi connectivity index (χ2v) is 6.74. The summed E-state index contributed by atoms with van der Waals surface area (Å²) in [6, 6.07) is 12.9. The molecule has 3 rings (SSSR count). The minimum absolute atomic E-state index is 0.264. The topological polar surface area (TPSA) is 68.3 Å². The molecule has 0 saturated heterocycles. The first-order valence-electron chi connectivity index (χ1n) is 8.19. The second-order valence-electron chi connectivity index (χ2n) is 5.51. The number of hydrogen-bond donors (Lipinski definition) is 1. The monoisotopic (exact) mass is 366 g/mol. The maximum atomic E-state index is 12.6. The van der Waals surface area contributed by atoms with Crippen LogP contribution in [0.1, 0.15) is 32.5 Å². The van der Waals surface area contributed by atoms with E-state index in [1.807, 2.05) is 37.3 Å². The fourth-order valence-corrected chi connectivity index (χ4v) is 3.72. The van der Waals surface area contributed by atoms with Crippen LogP contribution in [0.5, 0.6) is 0 Å². The van der Waals surface area contributed by atoms with Gasteiger partial charge in [-0.2, -0.15) is 0 Å². The number of amides is 1. The first-order valence-corrected chi connectivity index (χ1v) is 9.00. The van der Waals surface area contributed by atoms with Crippen LogP contribution in [0.3, 0.4) is 0 Å². The van der Waals surface area contributed by atoms with Crippen molar-refractivity contribution in [1.29, 1.82) is 0 Å². The van der Waals surface area contributed by atoms with Crippen LogP contribution >= 0.6 is 11.3 Å². The number of carbonyl (C=O) groups is 2. The average Bonchev–Trinajstić information content (AvgIpc) is 2.99. The van der Waals surface area contributed by atoms with Crippen molar-refractivity contribution in [3.8, 4) is 11.1 Å². The lowest BCUT2D eigenvalue weighted by molar-refractivity contribution is 0.0529. The minimum atomic E-state index is -0.444. The molecule has 0 unspecified atom stereocenters. The van der Waals surface area contributed by atoms with Crippen molar-refractivity contribution >= 4 is 28.2 Å². The molecule has 0 aliphatic carbocycles. The van der Waals surface area contributed by atoms with Crippen LogP contribution in [0.4, 0.5) is 5.00 Å². The molecule has 0 aliphatic rings. The molecule has 0 aliphatic heterocycles. The summed E-state index contributed by atoms with van der Waals surface area (Å²) in [4.78, 5) is 30.0. The van der Waals surface area contributed by atoms with Crippen molar-refractivity contribution in [2.45, 2.75) is 13.8 Å². The van der Waals surface area contributed by atoms with E-state index in [0.29, 0.717) is 16.1 Å². The summed E-state index contributed by atoms with van der Waals surface area (Å²) in [6.07, 6.45) is 3.10. The summed E-state index contributed by atoms with van der Waals surface area (Å²) in [5.41, 5.74) is 2.57. The molecule has 2 heterocycles. The van der Waals surface area contributed by atoms with E-state index < -0.39 is 5.97 Å². The zero-order valence-electron chi connectivity index (χ0n) is 14.5. The zero-order valence-corrected chi connectivity index (χ0v) is 15.3. The summed E-state index contributed by atoms with van der Waals surface area (Å²) in [5, 5.41) is 3.34. The molecule has 0 spiro atoms. The van der Waals surface area contributed by atoms with Gasteiger partial charge >= 0.3 is 5.97 Å². The van der Waals surface area contributed by atoms with Crippen LogP contribution in [-0.4, -0.2) is 23.5 Å². The van der Waals surface area contributed by atoms with Crippen LogP contribution in [0.25, 0.3) is 11.1 Å². The van der Waals surface area contributed by atoms with Crippen LogP contribution < -0.4 is 5.32 Å². The van der Waals surface area contributed by atoms with Gasteiger partial charge in [0.2, 0.25) is 0 Å². The van der Waals surface area contributed by atoms with E-state index in [1.54, 1.807) is 31.5 Å². The summed E-state index contributed by atoms with van der Waals surface area (Å²) < 4.78 is 5.24. The number of aryl methyl sites for hydroxylation is 1. The number of rotatable bonds is 5. The third-order valence-electron chi connectivity index (χ3n) is 3.80. The lowest BCUT2D eigenvalue weighted by atomic mass is 10.0. The molecule has 0 bridgehead atoms. The Hall–Kier alpha value is -2.99. The summed E-state index contributed by atoms with van der Waals surface area (Å²) >= 11 is 1.36. The van der Waals surface area contributed by atoms with Gasteiger partial charge in [0.05, 0.1) is 6.61 Å². The Kier molecular flexibility index (Phi) is 5.43. The molecule has 26 heavy (non-hydrogen) atoms. The maximum Gasteiger partial charge on any atom is 0.341 e. The molecular formula is C20H18N2O3S. The highest BCUT2D eigenvalue weighted by molar-refractivity contribution is 7.17. The second kappa shape index (κ2) is 7.93. The van der Waals surface area contributed by atoms with E-state index in [4.69, 9.17) is 4.74 Å². The summed E-state index contributed by atoms with van der Waals surface area (Å²) in [6.45, 7) is 3.95. The van der Waals surface area contributed by atoms with E-state index in [-0.39, 0.29) is 12.5 Å². The quantitative estimate of drug-likeness (QED) is 0.673. The number of benzene rings is 1. The molecule has 1 aromatic carbocycles. The fraction of sp³-hybridized carbons (Fsp3) is 0.150.